The van der Waals surface area contributed by atoms with Crippen molar-refractivity contribution in [3.8, 4) is 0 Å². The molecule has 0 heterocycles. The molecule has 0 bridgehead atoms. The van der Waals surface area contributed by atoms with E-state index in [2.05, 4.69) is 53.4 Å². The topological polar surface area (TPSA) is 3.24 Å². The summed E-state index contributed by atoms with van der Waals surface area (Å²) in [4.78, 5) is 2.63. The fourth-order valence-corrected chi connectivity index (χ4v) is 1.61. The Morgan fingerprint density at radius 3 is 1.31 bits per heavy atom. The third kappa shape index (κ3) is 9.21. The zero-order chi connectivity index (χ0) is 12.1. The summed E-state index contributed by atoms with van der Waals surface area (Å²) in [6.45, 7) is 18.7. The molecule has 0 rings (SSSR count). The molecule has 0 aromatic carbocycles. The van der Waals surface area contributed by atoms with Crippen LogP contribution < -0.4 is 0 Å². The molecule has 0 fully saturated rings. The van der Waals surface area contributed by atoms with Crippen molar-refractivity contribution in [2.75, 3.05) is 13.1 Å². The van der Waals surface area contributed by atoms with E-state index in [1.165, 1.54) is 25.9 Å². The zero-order valence-corrected chi connectivity index (χ0v) is 11.9. The molecule has 0 radical (unpaired) electrons. The monoisotopic (exact) mass is 229 g/mol. The van der Waals surface area contributed by atoms with Crippen LogP contribution in [-0.4, -0.2) is 23.5 Å². The zero-order valence-electron chi connectivity index (χ0n) is 11.9. The predicted molar refractivity (Wildman–Crippen MR) is 77.0 cm³/mol. The highest BCUT2D eigenvalue weighted by atomic mass is 15.2. The van der Waals surface area contributed by atoms with Gasteiger partial charge in [-0.15, -0.1) is 0 Å². The number of nitrogens with zero attached hydrogens (tertiary/aromatic N) is 1. The largest absolute Gasteiger partial charge is 0.298 e. The van der Waals surface area contributed by atoms with E-state index in [9.17, 15) is 0 Å². The molecule has 100 valence electrons. The van der Waals surface area contributed by atoms with Gasteiger partial charge in [0, 0.05) is 5.54 Å². The minimum absolute atomic E-state index is 0. The first-order chi connectivity index (χ1) is 6.73. The molecule has 0 spiro atoms. The Labute approximate surface area is 105 Å². The molecule has 0 saturated heterocycles. The van der Waals surface area contributed by atoms with Crippen LogP contribution in [-0.2, 0) is 0 Å². The van der Waals surface area contributed by atoms with Crippen LogP contribution in [0.2, 0.25) is 0 Å². The van der Waals surface area contributed by atoms with Crippen LogP contribution in [0.5, 0.6) is 0 Å². The van der Waals surface area contributed by atoms with Gasteiger partial charge in [0.2, 0.25) is 0 Å². The summed E-state index contributed by atoms with van der Waals surface area (Å²) in [7, 11) is 0. The minimum Gasteiger partial charge on any atom is -0.298 e. The molecular formula is C15H35N. The fraction of sp³-hybridized carbons (Fsp3) is 1.00. The molecule has 0 aliphatic carbocycles. The lowest BCUT2D eigenvalue weighted by Crippen LogP contribution is -2.43. The van der Waals surface area contributed by atoms with Gasteiger partial charge in [-0.1, -0.05) is 35.1 Å². The Kier molecular flexibility index (Phi) is 9.29. The van der Waals surface area contributed by atoms with Crippen molar-refractivity contribution in [2.45, 2.75) is 74.3 Å². The summed E-state index contributed by atoms with van der Waals surface area (Å²) >= 11 is 0. The van der Waals surface area contributed by atoms with Crippen molar-refractivity contribution < 1.29 is 0 Å². The van der Waals surface area contributed by atoms with E-state index >= 15 is 0 Å². The lowest BCUT2D eigenvalue weighted by molar-refractivity contribution is 0.122. The molecule has 0 aromatic heterocycles. The molecule has 0 N–H and O–H groups in total. The summed E-state index contributed by atoms with van der Waals surface area (Å²) in [5, 5.41) is 0. The van der Waals surface area contributed by atoms with Gasteiger partial charge >= 0.3 is 0 Å². The molecule has 0 aromatic rings. The highest BCUT2D eigenvalue weighted by Gasteiger charge is 2.20. The standard InChI is InChI=1S/C14H31N.CH4/c1-12(2)8-10-15(14(5,6)7)11-9-13(3)4;/h12-13H,8-11H2,1-7H3;1H4. The third-order valence-electron chi connectivity index (χ3n) is 2.90. The fourth-order valence-electron chi connectivity index (χ4n) is 1.61. The molecule has 0 aliphatic rings. The van der Waals surface area contributed by atoms with Crippen LogP contribution in [0.25, 0.3) is 0 Å². The molecule has 0 aliphatic heterocycles. The lowest BCUT2D eigenvalue weighted by Gasteiger charge is -2.36. The van der Waals surface area contributed by atoms with E-state index in [4.69, 9.17) is 0 Å². The quantitative estimate of drug-likeness (QED) is 0.631. The molecular weight excluding hydrogens is 194 g/mol. The average molecular weight is 229 g/mol. The van der Waals surface area contributed by atoms with Gasteiger partial charge in [-0.05, 0) is 58.5 Å². The van der Waals surface area contributed by atoms with E-state index in [1.54, 1.807) is 0 Å². The van der Waals surface area contributed by atoms with Gasteiger partial charge in [0.15, 0.2) is 0 Å². The first kappa shape index (κ1) is 18.3. The second-order valence-electron chi connectivity index (χ2n) is 6.52. The minimum atomic E-state index is 0. The van der Waals surface area contributed by atoms with Crippen molar-refractivity contribution in [2.24, 2.45) is 11.8 Å². The van der Waals surface area contributed by atoms with Crippen LogP contribution in [0.4, 0.5) is 0 Å². The summed E-state index contributed by atoms with van der Waals surface area (Å²) in [6, 6.07) is 0. The number of hydrogen-bond donors (Lipinski definition) is 0. The van der Waals surface area contributed by atoms with Crippen molar-refractivity contribution in [1.82, 2.24) is 4.90 Å². The van der Waals surface area contributed by atoms with Crippen molar-refractivity contribution in [3.63, 3.8) is 0 Å². The Bertz CT molecular complexity index is 141. The van der Waals surface area contributed by atoms with E-state index in [1.807, 2.05) is 0 Å². The molecule has 0 amide bonds. The molecule has 0 atom stereocenters. The van der Waals surface area contributed by atoms with Crippen LogP contribution in [0.15, 0.2) is 0 Å². The number of hydrogen-bond acceptors (Lipinski definition) is 1. The van der Waals surface area contributed by atoms with E-state index in [0.717, 1.165) is 11.8 Å². The highest BCUT2D eigenvalue weighted by Crippen LogP contribution is 2.17. The predicted octanol–water partition coefficient (Wildman–Crippen LogP) is 4.82. The molecule has 0 unspecified atom stereocenters. The van der Waals surface area contributed by atoms with Gasteiger partial charge in [-0.2, -0.15) is 0 Å². The van der Waals surface area contributed by atoms with Crippen LogP contribution in [0.3, 0.4) is 0 Å². The van der Waals surface area contributed by atoms with E-state index in [0.29, 0.717) is 5.54 Å². The Hall–Kier alpha value is -0.0400. The van der Waals surface area contributed by atoms with Gasteiger partial charge in [0.1, 0.15) is 0 Å². The molecule has 1 nitrogen and oxygen atoms in total. The second kappa shape index (κ2) is 8.11. The van der Waals surface area contributed by atoms with Crippen molar-refractivity contribution in [1.29, 1.82) is 0 Å². The summed E-state index contributed by atoms with van der Waals surface area (Å²) in [6.07, 6.45) is 2.63. The second-order valence-corrected chi connectivity index (χ2v) is 6.52. The highest BCUT2D eigenvalue weighted by molar-refractivity contribution is 4.76. The summed E-state index contributed by atoms with van der Waals surface area (Å²) in [5.74, 6) is 1.63. The first-order valence-electron chi connectivity index (χ1n) is 6.48. The van der Waals surface area contributed by atoms with Crippen molar-refractivity contribution in [3.05, 3.63) is 0 Å². The van der Waals surface area contributed by atoms with Crippen LogP contribution in [0.1, 0.15) is 68.7 Å². The normalized spacial score (nSPS) is 12.4. The maximum atomic E-state index is 2.63. The SMILES string of the molecule is C.CC(C)CCN(CCC(C)C)C(C)(C)C. The lowest BCUT2D eigenvalue weighted by atomic mass is 10.0. The van der Waals surface area contributed by atoms with Gasteiger partial charge < -0.3 is 0 Å². The molecule has 16 heavy (non-hydrogen) atoms. The maximum absolute atomic E-state index is 2.63. The van der Waals surface area contributed by atoms with Crippen LogP contribution >= 0.6 is 0 Å². The third-order valence-corrected chi connectivity index (χ3v) is 2.90. The molecule has 0 saturated carbocycles. The van der Waals surface area contributed by atoms with E-state index in [-0.39, 0.29) is 7.43 Å². The maximum Gasteiger partial charge on any atom is 0.0125 e. The Morgan fingerprint density at radius 2 is 1.12 bits per heavy atom. The van der Waals surface area contributed by atoms with Crippen molar-refractivity contribution >= 4 is 0 Å². The summed E-state index contributed by atoms with van der Waals surface area (Å²) in [5.41, 5.74) is 0.323. The van der Waals surface area contributed by atoms with E-state index < -0.39 is 0 Å². The van der Waals surface area contributed by atoms with Gasteiger partial charge in [0.05, 0.1) is 0 Å². The Balaban J connectivity index is 0. The van der Waals surface area contributed by atoms with Crippen LogP contribution in [0, 0.1) is 11.8 Å². The average Bonchev–Trinajstić information content (AvgIpc) is 2.00. The molecule has 1 heteroatoms. The smallest absolute Gasteiger partial charge is 0.0125 e. The number of rotatable bonds is 6. The first-order valence-corrected chi connectivity index (χ1v) is 6.48. The van der Waals surface area contributed by atoms with Gasteiger partial charge in [0.25, 0.3) is 0 Å². The van der Waals surface area contributed by atoms with Gasteiger partial charge in [-0.25, -0.2) is 0 Å². The van der Waals surface area contributed by atoms with Gasteiger partial charge in [-0.3, -0.25) is 4.90 Å². The Morgan fingerprint density at radius 1 is 0.812 bits per heavy atom. The summed E-state index contributed by atoms with van der Waals surface area (Å²) < 4.78 is 0.